The second-order valence-corrected chi connectivity index (χ2v) is 4.13. The Hall–Kier alpha value is -0.780. The van der Waals surface area contributed by atoms with Crippen LogP contribution >= 0.6 is 23.4 Å². The van der Waals surface area contributed by atoms with Crippen molar-refractivity contribution in [3.05, 3.63) is 23.5 Å². The molecule has 0 aliphatic carbocycles. The maximum absolute atomic E-state index is 11.3. The zero-order valence-corrected chi connectivity index (χ0v) is 9.51. The number of aliphatic hydroxyl groups excluding tert-OH is 1. The van der Waals surface area contributed by atoms with Crippen LogP contribution in [-0.4, -0.2) is 34.1 Å². The number of pyridine rings is 1. The van der Waals surface area contributed by atoms with Gasteiger partial charge in [0.15, 0.2) is 5.15 Å². The highest BCUT2D eigenvalue weighted by Gasteiger charge is 2.05. The molecule has 1 aromatic rings. The Morgan fingerprint density at radius 2 is 2.47 bits per heavy atom. The molecule has 0 unspecified atom stereocenters. The van der Waals surface area contributed by atoms with Gasteiger partial charge in [-0.2, -0.15) is 0 Å². The molecule has 15 heavy (non-hydrogen) atoms. The molecule has 0 atom stereocenters. The van der Waals surface area contributed by atoms with Crippen molar-refractivity contribution in [1.29, 1.82) is 0 Å². The molecule has 1 amide bonds. The van der Waals surface area contributed by atoms with Crippen LogP contribution in [0.5, 0.6) is 0 Å². The summed E-state index contributed by atoms with van der Waals surface area (Å²) < 4.78 is 0. The summed E-state index contributed by atoms with van der Waals surface area (Å²) in [6, 6.07) is 3.38. The highest BCUT2D eigenvalue weighted by Crippen LogP contribution is 2.17. The summed E-state index contributed by atoms with van der Waals surface area (Å²) in [5.74, 6) is 0.698. The first-order valence-electron chi connectivity index (χ1n) is 4.33. The Morgan fingerprint density at radius 3 is 3.13 bits per heavy atom. The van der Waals surface area contributed by atoms with Gasteiger partial charge in [0, 0.05) is 11.9 Å². The van der Waals surface area contributed by atoms with E-state index in [1.54, 1.807) is 18.3 Å². The summed E-state index contributed by atoms with van der Waals surface area (Å²) in [6.07, 6.45) is 1.55. The molecule has 0 aliphatic heterocycles. The third kappa shape index (κ3) is 4.51. The van der Waals surface area contributed by atoms with Gasteiger partial charge in [-0.25, -0.2) is 4.98 Å². The summed E-state index contributed by atoms with van der Waals surface area (Å²) >= 11 is 7.12. The number of amides is 1. The van der Waals surface area contributed by atoms with E-state index in [0.717, 1.165) is 0 Å². The van der Waals surface area contributed by atoms with E-state index in [1.165, 1.54) is 11.8 Å². The number of halogens is 1. The molecule has 82 valence electrons. The van der Waals surface area contributed by atoms with E-state index in [4.69, 9.17) is 16.7 Å². The zero-order chi connectivity index (χ0) is 11.1. The van der Waals surface area contributed by atoms with Crippen molar-refractivity contribution >= 4 is 35.0 Å². The predicted molar refractivity (Wildman–Crippen MR) is 62.3 cm³/mol. The van der Waals surface area contributed by atoms with Crippen LogP contribution in [0.2, 0.25) is 5.15 Å². The topological polar surface area (TPSA) is 62.2 Å². The molecule has 0 saturated heterocycles. The SMILES string of the molecule is O=C(CSCCO)Nc1cccnc1Cl. The molecular formula is C9H11ClN2O2S. The van der Waals surface area contributed by atoms with Crippen molar-refractivity contribution in [1.82, 2.24) is 4.98 Å². The van der Waals surface area contributed by atoms with Crippen molar-refractivity contribution in [3.63, 3.8) is 0 Å². The van der Waals surface area contributed by atoms with Crippen molar-refractivity contribution in [2.45, 2.75) is 0 Å². The lowest BCUT2D eigenvalue weighted by Gasteiger charge is -2.05. The quantitative estimate of drug-likeness (QED) is 0.609. The Morgan fingerprint density at radius 1 is 1.67 bits per heavy atom. The fourth-order valence-corrected chi connectivity index (χ4v) is 1.59. The molecule has 2 N–H and O–H groups in total. The van der Waals surface area contributed by atoms with Crippen molar-refractivity contribution in [3.8, 4) is 0 Å². The van der Waals surface area contributed by atoms with Crippen LogP contribution in [0.4, 0.5) is 5.69 Å². The molecule has 0 bridgehead atoms. The van der Waals surface area contributed by atoms with Crippen LogP contribution in [0, 0.1) is 0 Å². The smallest absolute Gasteiger partial charge is 0.234 e. The van der Waals surface area contributed by atoms with Gasteiger partial charge in [0.05, 0.1) is 18.0 Å². The first-order chi connectivity index (χ1) is 7.24. The molecule has 1 aromatic heterocycles. The lowest BCUT2D eigenvalue weighted by Crippen LogP contribution is -2.15. The van der Waals surface area contributed by atoms with Gasteiger partial charge in [-0.1, -0.05) is 11.6 Å². The Kier molecular flexibility index (Phi) is 5.45. The summed E-state index contributed by atoms with van der Waals surface area (Å²) in [7, 11) is 0. The van der Waals surface area contributed by atoms with Gasteiger partial charge in [0.2, 0.25) is 5.91 Å². The minimum Gasteiger partial charge on any atom is -0.396 e. The number of nitrogens with one attached hydrogen (secondary N) is 1. The third-order valence-electron chi connectivity index (χ3n) is 1.50. The second kappa shape index (κ2) is 6.66. The van der Waals surface area contributed by atoms with Crippen LogP contribution in [0.1, 0.15) is 0 Å². The van der Waals surface area contributed by atoms with Crippen LogP contribution in [-0.2, 0) is 4.79 Å². The predicted octanol–water partition coefficient (Wildman–Crippen LogP) is 1.40. The minimum absolute atomic E-state index is 0.0750. The van der Waals surface area contributed by atoms with Crippen molar-refractivity contribution < 1.29 is 9.90 Å². The van der Waals surface area contributed by atoms with Gasteiger partial charge in [-0.15, -0.1) is 11.8 Å². The number of aromatic nitrogens is 1. The molecule has 0 spiro atoms. The number of carbonyl (C=O) groups is 1. The Labute approximate surface area is 97.0 Å². The summed E-state index contributed by atoms with van der Waals surface area (Å²) in [5.41, 5.74) is 0.508. The molecule has 4 nitrogen and oxygen atoms in total. The van der Waals surface area contributed by atoms with E-state index in [-0.39, 0.29) is 17.7 Å². The average molecular weight is 247 g/mol. The van der Waals surface area contributed by atoms with E-state index >= 15 is 0 Å². The first-order valence-corrected chi connectivity index (χ1v) is 5.86. The molecule has 1 rings (SSSR count). The molecule has 1 heterocycles. The number of rotatable bonds is 5. The summed E-state index contributed by atoms with van der Waals surface area (Å²) in [6.45, 7) is 0.0750. The van der Waals surface area contributed by atoms with Crippen molar-refractivity contribution in [2.75, 3.05) is 23.4 Å². The highest BCUT2D eigenvalue weighted by atomic mass is 35.5. The fourth-order valence-electron chi connectivity index (χ4n) is 0.895. The lowest BCUT2D eigenvalue weighted by molar-refractivity contribution is -0.113. The summed E-state index contributed by atoms with van der Waals surface area (Å²) in [5, 5.41) is 11.4. The molecule has 0 fully saturated rings. The first kappa shape index (κ1) is 12.3. The minimum atomic E-state index is -0.150. The van der Waals surface area contributed by atoms with Gasteiger partial charge >= 0.3 is 0 Å². The fraction of sp³-hybridized carbons (Fsp3) is 0.333. The van der Waals surface area contributed by atoms with Gasteiger partial charge in [-0.05, 0) is 12.1 Å². The molecule has 6 heteroatoms. The third-order valence-corrected chi connectivity index (χ3v) is 2.74. The maximum Gasteiger partial charge on any atom is 0.234 e. The zero-order valence-electron chi connectivity index (χ0n) is 7.94. The van der Waals surface area contributed by atoms with Crippen molar-refractivity contribution in [2.24, 2.45) is 0 Å². The van der Waals surface area contributed by atoms with E-state index in [9.17, 15) is 4.79 Å². The maximum atomic E-state index is 11.3. The Balaban J connectivity index is 2.41. The number of hydrogen-bond acceptors (Lipinski definition) is 4. The number of anilines is 1. The molecule has 0 radical (unpaired) electrons. The van der Waals surface area contributed by atoms with E-state index < -0.39 is 0 Å². The van der Waals surface area contributed by atoms with Crippen LogP contribution in [0.3, 0.4) is 0 Å². The van der Waals surface area contributed by atoms with Gasteiger partial charge < -0.3 is 10.4 Å². The van der Waals surface area contributed by atoms with Gasteiger partial charge in [-0.3, -0.25) is 4.79 Å². The molecule has 0 aliphatic rings. The monoisotopic (exact) mass is 246 g/mol. The number of aliphatic hydroxyl groups is 1. The standard InChI is InChI=1S/C9H11ClN2O2S/c10-9-7(2-1-3-11-9)12-8(14)6-15-5-4-13/h1-3,13H,4-6H2,(H,12,14). The number of carbonyl (C=O) groups excluding carboxylic acids is 1. The van der Waals surface area contributed by atoms with Gasteiger partial charge in [0.25, 0.3) is 0 Å². The van der Waals surface area contributed by atoms with Crippen LogP contribution < -0.4 is 5.32 Å². The molecule has 0 aromatic carbocycles. The lowest BCUT2D eigenvalue weighted by atomic mass is 10.4. The molecular weight excluding hydrogens is 236 g/mol. The van der Waals surface area contributed by atoms with Gasteiger partial charge in [0.1, 0.15) is 0 Å². The van der Waals surface area contributed by atoms with E-state index in [2.05, 4.69) is 10.3 Å². The highest BCUT2D eigenvalue weighted by molar-refractivity contribution is 7.99. The number of nitrogens with zero attached hydrogens (tertiary/aromatic N) is 1. The van der Waals surface area contributed by atoms with E-state index in [0.29, 0.717) is 17.2 Å². The largest absolute Gasteiger partial charge is 0.396 e. The average Bonchev–Trinajstić information content (AvgIpc) is 2.22. The second-order valence-electron chi connectivity index (χ2n) is 2.67. The Bertz CT molecular complexity index is 336. The van der Waals surface area contributed by atoms with Crippen LogP contribution in [0.15, 0.2) is 18.3 Å². The summed E-state index contributed by atoms with van der Waals surface area (Å²) in [4.78, 5) is 15.2. The number of thioether (sulfide) groups is 1. The van der Waals surface area contributed by atoms with E-state index in [1.807, 2.05) is 0 Å². The normalized spacial score (nSPS) is 10.0. The number of hydrogen-bond donors (Lipinski definition) is 2. The molecule has 0 saturated carbocycles. The van der Waals surface area contributed by atoms with Crippen LogP contribution in [0.25, 0.3) is 0 Å².